The summed E-state index contributed by atoms with van der Waals surface area (Å²) in [6.07, 6.45) is -0.930. The summed E-state index contributed by atoms with van der Waals surface area (Å²) < 4.78 is 0. The van der Waals surface area contributed by atoms with Gasteiger partial charge in [0.2, 0.25) is 0 Å². The Morgan fingerprint density at radius 1 is 1.06 bits per heavy atom. The van der Waals surface area contributed by atoms with Crippen LogP contribution in [0.1, 0.15) is 24.2 Å². The minimum absolute atomic E-state index is 0.0681. The zero-order valence-electron chi connectivity index (χ0n) is 10.1. The molecule has 2 aromatic rings. The van der Waals surface area contributed by atoms with E-state index in [4.69, 9.17) is 0 Å². The highest BCUT2D eigenvalue weighted by Gasteiger charge is 2.21. The Morgan fingerprint density at radius 3 is 2.41 bits per heavy atom. The van der Waals surface area contributed by atoms with Gasteiger partial charge in [0.1, 0.15) is 6.10 Å². The summed E-state index contributed by atoms with van der Waals surface area (Å²) in [6, 6.07) is 13.3. The Hall–Kier alpha value is -1.67. The standard InChI is InChI=1S/C15H16O2/c1-10(2)14(16)15(17)13-9-5-7-11-6-3-4-8-12(11)13/h3-10,14,16H,1-2H3. The lowest BCUT2D eigenvalue weighted by atomic mass is 9.94. The normalized spacial score (nSPS) is 12.9. The Balaban J connectivity index is 2.52. The van der Waals surface area contributed by atoms with Crippen LogP contribution < -0.4 is 0 Å². The average Bonchev–Trinajstić information content (AvgIpc) is 2.36. The molecule has 1 unspecified atom stereocenters. The maximum Gasteiger partial charge on any atom is 0.192 e. The summed E-state index contributed by atoms with van der Waals surface area (Å²) in [5.74, 6) is -0.265. The second kappa shape index (κ2) is 4.68. The minimum atomic E-state index is -0.930. The van der Waals surface area contributed by atoms with E-state index in [1.54, 1.807) is 6.07 Å². The van der Waals surface area contributed by atoms with Crippen LogP contribution in [-0.2, 0) is 0 Å². The molecule has 0 aromatic heterocycles. The average molecular weight is 228 g/mol. The molecule has 2 nitrogen and oxygen atoms in total. The fourth-order valence-electron chi connectivity index (χ4n) is 1.90. The first-order valence-electron chi connectivity index (χ1n) is 5.81. The number of fused-ring (bicyclic) bond motifs is 1. The lowest BCUT2D eigenvalue weighted by Crippen LogP contribution is -2.26. The van der Waals surface area contributed by atoms with E-state index in [1.807, 2.05) is 50.2 Å². The molecule has 0 bridgehead atoms. The number of aliphatic hydroxyl groups is 1. The second-order valence-electron chi connectivity index (χ2n) is 4.58. The number of hydrogen-bond donors (Lipinski definition) is 1. The zero-order chi connectivity index (χ0) is 12.4. The molecule has 0 aliphatic carbocycles. The predicted molar refractivity (Wildman–Crippen MR) is 69.1 cm³/mol. The van der Waals surface area contributed by atoms with E-state index in [0.717, 1.165) is 10.8 Å². The van der Waals surface area contributed by atoms with Crippen molar-refractivity contribution < 1.29 is 9.90 Å². The molecule has 2 rings (SSSR count). The number of rotatable bonds is 3. The maximum atomic E-state index is 12.2. The van der Waals surface area contributed by atoms with Gasteiger partial charge in [-0.1, -0.05) is 56.3 Å². The van der Waals surface area contributed by atoms with Crippen molar-refractivity contribution >= 4 is 16.6 Å². The summed E-state index contributed by atoms with van der Waals surface area (Å²) in [6.45, 7) is 3.68. The molecular formula is C15H16O2. The highest BCUT2D eigenvalue weighted by Crippen LogP contribution is 2.21. The molecule has 0 fully saturated rings. The van der Waals surface area contributed by atoms with E-state index in [9.17, 15) is 9.90 Å². The topological polar surface area (TPSA) is 37.3 Å². The Kier molecular flexibility index (Phi) is 3.25. The first-order valence-corrected chi connectivity index (χ1v) is 5.81. The van der Waals surface area contributed by atoms with E-state index in [-0.39, 0.29) is 11.7 Å². The number of ketones is 1. The summed E-state index contributed by atoms with van der Waals surface area (Å²) in [5.41, 5.74) is 0.601. The fourth-order valence-corrected chi connectivity index (χ4v) is 1.90. The predicted octanol–water partition coefficient (Wildman–Crippen LogP) is 3.04. The minimum Gasteiger partial charge on any atom is -0.385 e. The molecule has 0 radical (unpaired) electrons. The van der Waals surface area contributed by atoms with E-state index in [0.29, 0.717) is 5.56 Å². The molecule has 0 heterocycles. The molecule has 0 saturated heterocycles. The lowest BCUT2D eigenvalue weighted by molar-refractivity contribution is 0.0649. The maximum absolute atomic E-state index is 12.2. The first kappa shape index (κ1) is 11.8. The number of aliphatic hydroxyl groups excluding tert-OH is 1. The van der Waals surface area contributed by atoms with Crippen molar-refractivity contribution in [3.8, 4) is 0 Å². The number of benzene rings is 2. The van der Waals surface area contributed by atoms with Crippen molar-refractivity contribution in [1.82, 2.24) is 0 Å². The van der Waals surface area contributed by atoms with Crippen molar-refractivity contribution in [2.45, 2.75) is 20.0 Å². The van der Waals surface area contributed by atoms with Gasteiger partial charge >= 0.3 is 0 Å². The summed E-state index contributed by atoms with van der Waals surface area (Å²) in [5, 5.41) is 11.8. The van der Waals surface area contributed by atoms with Crippen LogP contribution in [0.5, 0.6) is 0 Å². The van der Waals surface area contributed by atoms with Crippen LogP contribution in [-0.4, -0.2) is 17.0 Å². The number of carbonyl (C=O) groups excluding carboxylic acids is 1. The van der Waals surface area contributed by atoms with E-state index in [2.05, 4.69) is 0 Å². The molecule has 0 spiro atoms. The molecule has 0 aliphatic heterocycles. The smallest absolute Gasteiger partial charge is 0.192 e. The molecule has 2 heteroatoms. The van der Waals surface area contributed by atoms with Crippen LogP contribution in [0, 0.1) is 5.92 Å². The number of Topliss-reactive ketones (excluding diaryl/α,β-unsaturated/α-hetero) is 1. The third-order valence-corrected chi connectivity index (χ3v) is 2.96. The highest BCUT2D eigenvalue weighted by atomic mass is 16.3. The van der Waals surface area contributed by atoms with Gasteiger partial charge in [-0.3, -0.25) is 4.79 Å². The third-order valence-electron chi connectivity index (χ3n) is 2.96. The molecule has 1 N–H and O–H groups in total. The van der Waals surface area contributed by atoms with Gasteiger partial charge in [0.25, 0.3) is 0 Å². The molecule has 0 amide bonds. The van der Waals surface area contributed by atoms with E-state index in [1.165, 1.54) is 0 Å². The highest BCUT2D eigenvalue weighted by molar-refractivity contribution is 6.10. The van der Waals surface area contributed by atoms with Gasteiger partial charge in [0, 0.05) is 5.56 Å². The lowest BCUT2D eigenvalue weighted by Gasteiger charge is -2.14. The largest absolute Gasteiger partial charge is 0.385 e. The van der Waals surface area contributed by atoms with Crippen LogP contribution in [0.2, 0.25) is 0 Å². The molecule has 1 atom stereocenters. The molecule has 2 aromatic carbocycles. The van der Waals surface area contributed by atoms with Crippen molar-refractivity contribution in [3.63, 3.8) is 0 Å². The Labute approximate surface area is 101 Å². The fraction of sp³-hybridized carbons (Fsp3) is 0.267. The number of carbonyl (C=O) groups is 1. The first-order chi connectivity index (χ1) is 8.11. The third kappa shape index (κ3) is 2.22. The van der Waals surface area contributed by atoms with Crippen LogP contribution in [0.15, 0.2) is 42.5 Å². The Morgan fingerprint density at radius 2 is 1.71 bits per heavy atom. The molecular weight excluding hydrogens is 212 g/mol. The molecule has 0 aliphatic rings. The van der Waals surface area contributed by atoms with E-state index >= 15 is 0 Å². The summed E-state index contributed by atoms with van der Waals surface area (Å²) >= 11 is 0. The van der Waals surface area contributed by atoms with Gasteiger partial charge < -0.3 is 5.11 Å². The van der Waals surface area contributed by atoms with Gasteiger partial charge in [0.15, 0.2) is 5.78 Å². The van der Waals surface area contributed by atoms with Crippen LogP contribution >= 0.6 is 0 Å². The summed E-state index contributed by atoms with van der Waals surface area (Å²) in [7, 11) is 0. The van der Waals surface area contributed by atoms with Gasteiger partial charge in [0.05, 0.1) is 0 Å². The monoisotopic (exact) mass is 228 g/mol. The number of hydrogen-bond acceptors (Lipinski definition) is 2. The van der Waals surface area contributed by atoms with E-state index < -0.39 is 6.10 Å². The van der Waals surface area contributed by atoms with Gasteiger partial charge in [-0.05, 0) is 16.7 Å². The van der Waals surface area contributed by atoms with Crippen molar-refractivity contribution in [2.75, 3.05) is 0 Å². The molecule has 0 saturated carbocycles. The van der Waals surface area contributed by atoms with Crippen LogP contribution in [0.3, 0.4) is 0 Å². The second-order valence-corrected chi connectivity index (χ2v) is 4.58. The van der Waals surface area contributed by atoms with Gasteiger partial charge in [-0.25, -0.2) is 0 Å². The SMILES string of the molecule is CC(C)C(O)C(=O)c1cccc2ccccc12. The van der Waals surface area contributed by atoms with Gasteiger partial charge in [-0.15, -0.1) is 0 Å². The van der Waals surface area contributed by atoms with Gasteiger partial charge in [-0.2, -0.15) is 0 Å². The molecule has 17 heavy (non-hydrogen) atoms. The van der Waals surface area contributed by atoms with Crippen molar-refractivity contribution in [2.24, 2.45) is 5.92 Å². The Bertz CT molecular complexity index is 538. The van der Waals surface area contributed by atoms with Crippen LogP contribution in [0.25, 0.3) is 10.8 Å². The van der Waals surface area contributed by atoms with Crippen molar-refractivity contribution in [3.05, 3.63) is 48.0 Å². The summed E-state index contributed by atoms with van der Waals surface area (Å²) in [4.78, 5) is 12.2. The van der Waals surface area contributed by atoms with Crippen LogP contribution in [0.4, 0.5) is 0 Å². The van der Waals surface area contributed by atoms with Crippen molar-refractivity contribution in [1.29, 1.82) is 0 Å². The zero-order valence-corrected chi connectivity index (χ0v) is 10.1. The quantitative estimate of drug-likeness (QED) is 0.820. The molecule has 88 valence electrons.